The number of benzene rings is 2. The summed E-state index contributed by atoms with van der Waals surface area (Å²) < 4.78 is 71.0. The molecule has 0 aliphatic carbocycles. The van der Waals surface area contributed by atoms with E-state index in [2.05, 4.69) is 4.72 Å². The lowest BCUT2D eigenvalue weighted by molar-refractivity contribution is 0.107. The van der Waals surface area contributed by atoms with E-state index in [4.69, 9.17) is 4.74 Å². The maximum Gasteiger partial charge on any atom is 0.240 e. The van der Waals surface area contributed by atoms with Crippen LogP contribution in [-0.2, 0) is 14.8 Å². The predicted octanol–water partition coefficient (Wildman–Crippen LogP) is 2.77. The molecule has 0 fully saturated rings. The maximum absolute atomic E-state index is 13.2. The highest BCUT2D eigenvalue weighted by atomic mass is 32.2. The van der Waals surface area contributed by atoms with Gasteiger partial charge in [0.15, 0.2) is 0 Å². The number of hydrogen-bond donors (Lipinski definition) is 1. The fourth-order valence-corrected chi connectivity index (χ4v) is 3.07. The second-order valence-corrected chi connectivity index (χ2v) is 6.50. The van der Waals surface area contributed by atoms with E-state index in [9.17, 15) is 21.6 Å². The second-order valence-electron chi connectivity index (χ2n) is 4.74. The van der Waals surface area contributed by atoms with Gasteiger partial charge in [0.25, 0.3) is 0 Å². The van der Waals surface area contributed by atoms with Crippen molar-refractivity contribution in [1.82, 2.24) is 4.72 Å². The molecule has 8 heteroatoms. The largest absolute Gasteiger partial charge is 0.375 e. The first-order valence-corrected chi connectivity index (χ1v) is 8.04. The Hall–Kier alpha value is -1.90. The van der Waals surface area contributed by atoms with Crippen LogP contribution in [-0.4, -0.2) is 22.1 Å². The molecule has 0 aromatic heterocycles. The zero-order valence-electron chi connectivity index (χ0n) is 12.1. The van der Waals surface area contributed by atoms with Crippen LogP contribution in [0.5, 0.6) is 0 Å². The number of nitrogens with one attached hydrogen (secondary N) is 1. The Bertz CT molecular complexity index is 776. The molecule has 4 nitrogen and oxygen atoms in total. The van der Waals surface area contributed by atoms with Gasteiger partial charge in [0.05, 0.1) is 11.0 Å². The molecule has 0 spiro atoms. The van der Waals surface area contributed by atoms with E-state index in [1.54, 1.807) is 6.07 Å². The molecule has 0 aliphatic rings. The summed E-state index contributed by atoms with van der Waals surface area (Å²) in [5, 5.41) is 0. The molecule has 1 atom stereocenters. The van der Waals surface area contributed by atoms with E-state index in [0.717, 1.165) is 0 Å². The van der Waals surface area contributed by atoms with Gasteiger partial charge >= 0.3 is 0 Å². The Morgan fingerprint density at radius 2 is 1.70 bits per heavy atom. The highest BCUT2D eigenvalue weighted by Crippen LogP contribution is 2.19. The van der Waals surface area contributed by atoms with Crippen LogP contribution in [0, 0.1) is 17.5 Å². The first-order valence-electron chi connectivity index (χ1n) is 6.56. The quantitative estimate of drug-likeness (QED) is 0.876. The van der Waals surface area contributed by atoms with Gasteiger partial charge in [-0.3, -0.25) is 0 Å². The summed E-state index contributed by atoms with van der Waals surface area (Å²) in [7, 11) is -2.79. The molecule has 0 amide bonds. The van der Waals surface area contributed by atoms with Crippen molar-refractivity contribution in [2.45, 2.75) is 11.0 Å². The third kappa shape index (κ3) is 4.54. The lowest BCUT2D eigenvalue weighted by atomic mass is 10.1. The van der Waals surface area contributed by atoms with Crippen LogP contribution in [0.1, 0.15) is 11.7 Å². The number of halogens is 3. The highest BCUT2D eigenvalue weighted by molar-refractivity contribution is 7.89. The van der Waals surface area contributed by atoms with E-state index < -0.39 is 38.5 Å². The Labute approximate surface area is 132 Å². The van der Waals surface area contributed by atoms with Crippen LogP contribution < -0.4 is 4.72 Å². The molecule has 2 aromatic rings. The van der Waals surface area contributed by atoms with Crippen molar-refractivity contribution in [1.29, 1.82) is 0 Å². The first-order chi connectivity index (χ1) is 10.8. The number of sulfonamides is 1. The third-order valence-electron chi connectivity index (χ3n) is 3.11. The number of rotatable bonds is 6. The molecule has 1 N–H and O–H groups in total. The topological polar surface area (TPSA) is 55.4 Å². The Morgan fingerprint density at radius 1 is 1.04 bits per heavy atom. The van der Waals surface area contributed by atoms with Gasteiger partial charge in [0.1, 0.15) is 17.5 Å². The smallest absolute Gasteiger partial charge is 0.240 e. The van der Waals surface area contributed by atoms with Crippen molar-refractivity contribution in [2.24, 2.45) is 0 Å². The van der Waals surface area contributed by atoms with Crippen LogP contribution >= 0.6 is 0 Å². The Morgan fingerprint density at radius 3 is 2.26 bits per heavy atom. The van der Waals surface area contributed by atoms with Crippen LogP contribution in [0.25, 0.3) is 0 Å². The molecule has 1 unspecified atom stereocenters. The van der Waals surface area contributed by atoms with E-state index in [-0.39, 0.29) is 6.54 Å². The summed E-state index contributed by atoms with van der Waals surface area (Å²) >= 11 is 0. The molecule has 0 aliphatic heterocycles. The minimum atomic E-state index is -4.13. The first kappa shape index (κ1) is 17.5. The van der Waals surface area contributed by atoms with Crippen LogP contribution in [0.2, 0.25) is 0 Å². The fourth-order valence-electron chi connectivity index (χ4n) is 2.00. The summed E-state index contributed by atoms with van der Waals surface area (Å²) in [4.78, 5) is -0.538. The van der Waals surface area contributed by atoms with E-state index >= 15 is 0 Å². The summed E-state index contributed by atoms with van der Waals surface area (Å²) in [6.45, 7) is -0.222. The lowest BCUT2D eigenvalue weighted by Crippen LogP contribution is -2.29. The fraction of sp³-hybridized carbons (Fsp3) is 0.200. The number of methoxy groups -OCH3 is 1. The van der Waals surface area contributed by atoms with Crippen molar-refractivity contribution in [3.8, 4) is 0 Å². The van der Waals surface area contributed by atoms with Crippen molar-refractivity contribution < 1.29 is 26.3 Å². The van der Waals surface area contributed by atoms with E-state index in [0.29, 0.717) is 23.8 Å². The molecule has 2 rings (SSSR count). The second kappa shape index (κ2) is 7.12. The zero-order chi connectivity index (χ0) is 17.0. The number of ether oxygens (including phenoxy) is 1. The average Bonchev–Trinajstić information content (AvgIpc) is 2.47. The predicted molar refractivity (Wildman–Crippen MR) is 77.7 cm³/mol. The van der Waals surface area contributed by atoms with Crippen molar-refractivity contribution in [2.75, 3.05) is 13.7 Å². The van der Waals surface area contributed by atoms with Gasteiger partial charge in [-0.1, -0.05) is 12.1 Å². The molecule has 0 radical (unpaired) electrons. The van der Waals surface area contributed by atoms with Crippen LogP contribution in [0.4, 0.5) is 13.2 Å². The third-order valence-corrected chi connectivity index (χ3v) is 4.51. The van der Waals surface area contributed by atoms with Crippen LogP contribution in [0.3, 0.4) is 0 Å². The van der Waals surface area contributed by atoms with E-state index in [1.807, 2.05) is 0 Å². The lowest BCUT2D eigenvalue weighted by Gasteiger charge is -2.17. The molecule has 23 heavy (non-hydrogen) atoms. The molecule has 2 aromatic carbocycles. The summed E-state index contributed by atoms with van der Waals surface area (Å²) in [6, 6.07) is 7.48. The van der Waals surface area contributed by atoms with Crippen molar-refractivity contribution >= 4 is 10.0 Å². The molecule has 0 saturated heterocycles. The van der Waals surface area contributed by atoms with Gasteiger partial charge in [0.2, 0.25) is 10.0 Å². The molecule has 0 saturated carbocycles. The summed E-state index contributed by atoms with van der Waals surface area (Å²) in [5.74, 6) is -2.49. The SMILES string of the molecule is COC(CNS(=O)(=O)c1cc(F)cc(F)c1)c1cccc(F)c1. The molecule has 0 heterocycles. The monoisotopic (exact) mass is 345 g/mol. The van der Waals surface area contributed by atoms with Gasteiger partial charge in [0, 0.05) is 19.7 Å². The number of hydrogen-bond acceptors (Lipinski definition) is 3. The van der Waals surface area contributed by atoms with Crippen molar-refractivity contribution in [3.63, 3.8) is 0 Å². The van der Waals surface area contributed by atoms with Crippen molar-refractivity contribution in [3.05, 3.63) is 65.5 Å². The Balaban J connectivity index is 2.17. The molecular formula is C15H14F3NO3S. The van der Waals surface area contributed by atoms with Gasteiger partial charge in [-0.15, -0.1) is 0 Å². The summed E-state index contributed by atoms with van der Waals surface area (Å²) in [5.41, 5.74) is 0.431. The molecule has 124 valence electrons. The van der Waals surface area contributed by atoms with Gasteiger partial charge in [-0.05, 0) is 29.8 Å². The molecular weight excluding hydrogens is 331 g/mol. The maximum atomic E-state index is 13.2. The highest BCUT2D eigenvalue weighted by Gasteiger charge is 2.19. The zero-order valence-corrected chi connectivity index (χ0v) is 12.9. The minimum Gasteiger partial charge on any atom is -0.375 e. The Kier molecular flexibility index (Phi) is 5.40. The summed E-state index contributed by atoms with van der Waals surface area (Å²) in [6.07, 6.45) is -0.751. The van der Waals surface area contributed by atoms with Gasteiger partial charge in [-0.25, -0.2) is 26.3 Å². The molecule has 0 bridgehead atoms. The van der Waals surface area contributed by atoms with E-state index in [1.165, 1.54) is 25.3 Å². The standard InChI is InChI=1S/C15H14F3NO3S/c1-22-15(10-3-2-4-11(16)5-10)9-19-23(20,21)14-7-12(17)6-13(18)8-14/h2-8,15,19H,9H2,1H3. The normalized spacial score (nSPS) is 13.0. The van der Waals surface area contributed by atoms with Gasteiger partial charge < -0.3 is 4.74 Å². The van der Waals surface area contributed by atoms with Gasteiger partial charge in [-0.2, -0.15) is 0 Å². The minimum absolute atomic E-state index is 0.222. The van der Waals surface area contributed by atoms with Crippen LogP contribution in [0.15, 0.2) is 47.4 Å². The average molecular weight is 345 g/mol.